The molecule has 1 aromatic carbocycles. The van der Waals surface area contributed by atoms with E-state index in [2.05, 4.69) is 19.9 Å². The van der Waals surface area contributed by atoms with Crippen molar-refractivity contribution in [2.45, 2.75) is 26.7 Å². The van der Waals surface area contributed by atoms with Crippen LogP contribution in [0.3, 0.4) is 0 Å². The number of aryl methyl sites for hydroxylation is 2. The first-order valence-corrected chi connectivity index (χ1v) is 8.03. The van der Waals surface area contributed by atoms with Gasteiger partial charge in [0.1, 0.15) is 11.6 Å². The summed E-state index contributed by atoms with van der Waals surface area (Å²) in [6.07, 6.45) is 3.38. The first-order valence-electron chi connectivity index (χ1n) is 7.65. The third kappa shape index (κ3) is 3.54. The van der Waals surface area contributed by atoms with Gasteiger partial charge in [-0.05, 0) is 24.3 Å². The average molecular weight is 325 g/mol. The number of halogens is 1. The van der Waals surface area contributed by atoms with Crippen molar-refractivity contribution in [3.8, 4) is 22.6 Å². The molecule has 3 rings (SSSR count). The van der Waals surface area contributed by atoms with Crippen LogP contribution in [0.1, 0.15) is 25.5 Å². The van der Waals surface area contributed by atoms with Crippen LogP contribution in [-0.2, 0) is 12.8 Å². The largest absolute Gasteiger partial charge is 0.255 e. The van der Waals surface area contributed by atoms with Crippen LogP contribution in [-0.4, -0.2) is 19.9 Å². The quantitative estimate of drug-likeness (QED) is 0.714. The minimum Gasteiger partial charge on any atom is -0.255 e. The highest BCUT2D eigenvalue weighted by Crippen LogP contribution is 2.22. The topological polar surface area (TPSA) is 51.6 Å². The van der Waals surface area contributed by atoms with Crippen molar-refractivity contribution in [3.05, 3.63) is 59.3 Å². The standard InChI is InChI=1S/C18H17ClN4/c1-3-16-21-17(4-2)23-18(22-16)13-7-10-15(20-11-13)12-5-8-14(19)9-6-12/h5-11H,3-4H2,1-2H3. The molecule has 4 nitrogen and oxygen atoms in total. The third-order valence-electron chi connectivity index (χ3n) is 3.52. The minimum absolute atomic E-state index is 0.684. The van der Waals surface area contributed by atoms with Crippen LogP contribution in [0.5, 0.6) is 0 Å². The predicted octanol–water partition coefficient (Wildman–Crippen LogP) is 4.38. The molecule has 0 saturated carbocycles. The van der Waals surface area contributed by atoms with Gasteiger partial charge in [0, 0.05) is 35.2 Å². The van der Waals surface area contributed by atoms with Crippen molar-refractivity contribution in [3.63, 3.8) is 0 Å². The Labute approximate surface area is 140 Å². The van der Waals surface area contributed by atoms with Gasteiger partial charge < -0.3 is 0 Å². The van der Waals surface area contributed by atoms with Crippen LogP contribution in [0.25, 0.3) is 22.6 Å². The maximum atomic E-state index is 5.92. The molecule has 0 atom stereocenters. The van der Waals surface area contributed by atoms with E-state index in [1.807, 2.05) is 50.2 Å². The van der Waals surface area contributed by atoms with Gasteiger partial charge >= 0.3 is 0 Å². The molecule has 0 N–H and O–H groups in total. The summed E-state index contributed by atoms with van der Waals surface area (Å²) in [7, 11) is 0. The Morgan fingerprint density at radius 3 is 1.91 bits per heavy atom. The van der Waals surface area contributed by atoms with Crippen molar-refractivity contribution in [2.24, 2.45) is 0 Å². The second-order valence-corrected chi connectivity index (χ2v) is 5.57. The van der Waals surface area contributed by atoms with Gasteiger partial charge in [-0.3, -0.25) is 4.98 Å². The lowest BCUT2D eigenvalue weighted by molar-refractivity contribution is 0.831. The van der Waals surface area contributed by atoms with Gasteiger partial charge in [-0.25, -0.2) is 15.0 Å². The van der Waals surface area contributed by atoms with Crippen LogP contribution in [0.15, 0.2) is 42.6 Å². The summed E-state index contributed by atoms with van der Waals surface area (Å²) in [4.78, 5) is 17.9. The minimum atomic E-state index is 0.684. The smallest absolute Gasteiger partial charge is 0.164 e. The number of nitrogens with zero attached hydrogens (tertiary/aromatic N) is 4. The van der Waals surface area contributed by atoms with E-state index in [1.165, 1.54) is 0 Å². The van der Waals surface area contributed by atoms with Crippen LogP contribution in [0, 0.1) is 0 Å². The second-order valence-electron chi connectivity index (χ2n) is 5.14. The molecular weight excluding hydrogens is 308 g/mol. The van der Waals surface area contributed by atoms with Gasteiger partial charge in [0.05, 0.1) is 5.69 Å². The molecule has 0 unspecified atom stereocenters. The molecule has 0 amide bonds. The summed E-state index contributed by atoms with van der Waals surface area (Å²) in [5, 5.41) is 0.717. The Morgan fingerprint density at radius 1 is 0.783 bits per heavy atom. The number of aromatic nitrogens is 4. The molecule has 0 aliphatic carbocycles. The van der Waals surface area contributed by atoms with E-state index in [0.29, 0.717) is 5.82 Å². The van der Waals surface area contributed by atoms with Gasteiger partial charge in [0.15, 0.2) is 5.82 Å². The second kappa shape index (κ2) is 6.84. The van der Waals surface area contributed by atoms with E-state index < -0.39 is 0 Å². The number of pyridine rings is 1. The molecule has 2 aromatic heterocycles. The fourth-order valence-electron chi connectivity index (χ4n) is 2.23. The number of benzene rings is 1. The molecule has 0 saturated heterocycles. The molecule has 0 bridgehead atoms. The number of hydrogen-bond acceptors (Lipinski definition) is 4. The van der Waals surface area contributed by atoms with Gasteiger partial charge in [-0.2, -0.15) is 0 Å². The molecule has 2 heterocycles. The van der Waals surface area contributed by atoms with Crippen molar-refractivity contribution >= 4 is 11.6 Å². The fraction of sp³-hybridized carbons (Fsp3) is 0.222. The van der Waals surface area contributed by atoms with Crippen molar-refractivity contribution in [1.82, 2.24) is 19.9 Å². The summed E-state index contributed by atoms with van der Waals surface area (Å²) in [5.74, 6) is 2.31. The normalized spacial score (nSPS) is 10.7. The zero-order valence-electron chi connectivity index (χ0n) is 13.1. The summed E-state index contributed by atoms with van der Waals surface area (Å²) in [6, 6.07) is 11.6. The summed E-state index contributed by atoms with van der Waals surface area (Å²) < 4.78 is 0. The molecular formula is C18H17ClN4. The molecule has 0 aliphatic heterocycles. The lowest BCUT2D eigenvalue weighted by atomic mass is 10.1. The highest BCUT2D eigenvalue weighted by atomic mass is 35.5. The Bertz CT molecular complexity index is 776. The summed E-state index contributed by atoms with van der Waals surface area (Å²) in [5.41, 5.74) is 2.82. The molecule has 3 aromatic rings. The maximum absolute atomic E-state index is 5.92. The first-order chi connectivity index (χ1) is 11.2. The maximum Gasteiger partial charge on any atom is 0.164 e. The van der Waals surface area contributed by atoms with Crippen molar-refractivity contribution < 1.29 is 0 Å². The first kappa shape index (κ1) is 15.6. The molecule has 5 heteroatoms. The van der Waals surface area contributed by atoms with E-state index in [-0.39, 0.29) is 0 Å². The van der Waals surface area contributed by atoms with Gasteiger partial charge in [-0.15, -0.1) is 0 Å². The van der Waals surface area contributed by atoms with Crippen LogP contribution in [0.4, 0.5) is 0 Å². The number of rotatable bonds is 4. The van der Waals surface area contributed by atoms with Crippen molar-refractivity contribution in [2.75, 3.05) is 0 Å². The summed E-state index contributed by atoms with van der Waals surface area (Å²) in [6.45, 7) is 4.08. The fourth-order valence-corrected chi connectivity index (χ4v) is 2.36. The lowest BCUT2D eigenvalue weighted by Gasteiger charge is -2.06. The molecule has 0 spiro atoms. The molecule has 0 radical (unpaired) electrons. The van der Waals surface area contributed by atoms with Crippen molar-refractivity contribution in [1.29, 1.82) is 0 Å². The number of hydrogen-bond donors (Lipinski definition) is 0. The summed E-state index contributed by atoms with van der Waals surface area (Å²) >= 11 is 5.92. The Morgan fingerprint density at radius 2 is 1.39 bits per heavy atom. The van der Waals surface area contributed by atoms with Gasteiger partial charge in [0.2, 0.25) is 0 Å². The molecule has 116 valence electrons. The van der Waals surface area contributed by atoms with Gasteiger partial charge in [-0.1, -0.05) is 37.6 Å². The monoisotopic (exact) mass is 324 g/mol. The van der Waals surface area contributed by atoms with Crippen LogP contribution < -0.4 is 0 Å². The Balaban J connectivity index is 1.94. The van der Waals surface area contributed by atoms with Crippen LogP contribution in [0.2, 0.25) is 5.02 Å². The molecule has 0 aliphatic rings. The van der Waals surface area contributed by atoms with Gasteiger partial charge in [0.25, 0.3) is 0 Å². The zero-order valence-corrected chi connectivity index (χ0v) is 13.9. The molecule has 0 fully saturated rings. The van der Waals surface area contributed by atoms with E-state index in [0.717, 1.165) is 46.3 Å². The molecule has 23 heavy (non-hydrogen) atoms. The van der Waals surface area contributed by atoms with E-state index in [1.54, 1.807) is 6.20 Å². The third-order valence-corrected chi connectivity index (χ3v) is 3.77. The lowest BCUT2D eigenvalue weighted by Crippen LogP contribution is -2.04. The van der Waals surface area contributed by atoms with E-state index in [9.17, 15) is 0 Å². The average Bonchev–Trinajstić information content (AvgIpc) is 2.62. The Kier molecular flexibility index (Phi) is 4.63. The highest BCUT2D eigenvalue weighted by molar-refractivity contribution is 6.30. The van der Waals surface area contributed by atoms with Crippen LogP contribution >= 0.6 is 11.6 Å². The van der Waals surface area contributed by atoms with E-state index in [4.69, 9.17) is 11.6 Å². The zero-order chi connectivity index (χ0) is 16.2. The Hall–Kier alpha value is -2.33. The van der Waals surface area contributed by atoms with E-state index >= 15 is 0 Å². The highest BCUT2D eigenvalue weighted by Gasteiger charge is 2.08. The SMILES string of the molecule is CCc1nc(CC)nc(-c2ccc(-c3ccc(Cl)cc3)nc2)n1. The predicted molar refractivity (Wildman–Crippen MR) is 92.3 cm³/mol.